The second-order valence-electron chi connectivity index (χ2n) is 3.49. The van der Waals surface area contributed by atoms with Gasteiger partial charge in [0.2, 0.25) is 0 Å². The molecule has 6 heteroatoms. The molecule has 0 fully saturated rings. The Bertz CT molecular complexity index is 564. The minimum atomic E-state index is -0.168. The molecule has 1 heterocycles. The standard InChI is InChI=1S/C11H11ClN4O/c1-7-15-14-6-16(7)10-4-3-8(5-9(10)12)11(17)13-2/h3-6H,1-2H3,(H,13,17). The summed E-state index contributed by atoms with van der Waals surface area (Å²) in [5.74, 6) is 0.568. The number of hydrogen-bond donors (Lipinski definition) is 1. The average molecular weight is 251 g/mol. The molecule has 5 nitrogen and oxygen atoms in total. The molecule has 1 aromatic heterocycles. The third-order valence-corrected chi connectivity index (χ3v) is 2.72. The third kappa shape index (κ3) is 2.14. The van der Waals surface area contributed by atoms with Crippen molar-refractivity contribution in [1.29, 1.82) is 0 Å². The molecule has 1 aromatic carbocycles. The van der Waals surface area contributed by atoms with Gasteiger partial charge < -0.3 is 5.32 Å². The Morgan fingerprint density at radius 3 is 2.76 bits per heavy atom. The highest BCUT2D eigenvalue weighted by molar-refractivity contribution is 6.32. The van der Waals surface area contributed by atoms with Gasteiger partial charge in [-0.25, -0.2) is 0 Å². The Morgan fingerprint density at radius 2 is 2.24 bits per heavy atom. The Balaban J connectivity index is 2.46. The maximum Gasteiger partial charge on any atom is 0.251 e. The van der Waals surface area contributed by atoms with Crippen LogP contribution in [0.2, 0.25) is 5.02 Å². The normalized spacial score (nSPS) is 10.3. The average Bonchev–Trinajstić information content (AvgIpc) is 2.74. The zero-order valence-electron chi connectivity index (χ0n) is 9.44. The summed E-state index contributed by atoms with van der Waals surface area (Å²) in [6.07, 6.45) is 1.58. The highest BCUT2D eigenvalue weighted by atomic mass is 35.5. The van der Waals surface area contributed by atoms with Crippen molar-refractivity contribution in [1.82, 2.24) is 20.1 Å². The monoisotopic (exact) mass is 250 g/mol. The van der Waals surface area contributed by atoms with Gasteiger partial charge in [0.15, 0.2) is 0 Å². The number of nitrogens with zero attached hydrogens (tertiary/aromatic N) is 3. The van der Waals surface area contributed by atoms with Crippen LogP contribution in [0, 0.1) is 6.92 Å². The van der Waals surface area contributed by atoms with E-state index in [1.54, 1.807) is 36.1 Å². The van der Waals surface area contributed by atoms with Crippen LogP contribution >= 0.6 is 11.6 Å². The van der Waals surface area contributed by atoms with Gasteiger partial charge in [-0.15, -0.1) is 10.2 Å². The lowest BCUT2D eigenvalue weighted by molar-refractivity contribution is 0.0963. The number of aromatic nitrogens is 3. The number of amides is 1. The lowest BCUT2D eigenvalue weighted by Crippen LogP contribution is -2.17. The van der Waals surface area contributed by atoms with Gasteiger partial charge in [0.25, 0.3) is 5.91 Å². The van der Waals surface area contributed by atoms with E-state index in [4.69, 9.17) is 11.6 Å². The van der Waals surface area contributed by atoms with Crippen molar-refractivity contribution in [2.24, 2.45) is 0 Å². The maximum atomic E-state index is 11.4. The number of carbonyl (C=O) groups excluding carboxylic acids is 1. The summed E-state index contributed by atoms with van der Waals surface area (Å²) in [7, 11) is 1.58. The fourth-order valence-electron chi connectivity index (χ4n) is 1.52. The van der Waals surface area contributed by atoms with Gasteiger partial charge in [-0.3, -0.25) is 9.36 Å². The van der Waals surface area contributed by atoms with E-state index in [0.717, 1.165) is 11.5 Å². The summed E-state index contributed by atoms with van der Waals surface area (Å²) in [5, 5.41) is 10.7. The van der Waals surface area contributed by atoms with E-state index < -0.39 is 0 Å². The van der Waals surface area contributed by atoms with Crippen molar-refractivity contribution >= 4 is 17.5 Å². The molecule has 0 aliphatic rings. The Labute approximate surface area is 103 Å². The number of aryl methyl sites for hydroxylation is 1. The van der Waals surface area contributed by atoms with Gasteiger partial charge in [-0.1, -0.05) is 11.6 Å². The van der Waals surface area contributed by atoms with Crippen LogP contribution in [-0.4, -0.2) is 27.7 Å². The van der Waals surface area contributed by atoms with Crippen molar-refractivity contribution in [2.75, 3.05) is 7.05 Å². The van der Waals surface area contributed by atoms with Crippen LogP contribution in [0.5, 0.6) is 0 Å². The van der Waals surface area contributed by atoms with E-state index in [9.17, 15) is 4.79 Å². The van der Waals surface area contributed by atoms with E-state index in [2.05, 4.69) is 15.5 Å². The molecule has 0 radical (unpaired) electrons. The summed E-state index contributed by atoms with van der Waals surface area (Å²) < 4.78 is 1.76. The zero-order chi connectivity index (χ0) is 12.4. The van der Waals surface area contributed by atoms with E-state index in [0.29, 0.717) is 10.6 Å². The number of benzene rings is 1. The van der Waals surface area contributed by atoms with Crippen LogP contribution in [0.4, 0.5) is 0 Å². The Hall–Kier alpha value is -1.88. The van der Waals surface area contributed by atoms with Crippen molar-refractivity contribution in [3.8, 4) is 5.69 Å². The topological polar surface area (TPSA) is 59.8 Å². The molecule has 0 aliphatic heterocycles. The molecule has 0 spiro atoms. The molecule has 1 amide bonds. The lowest BCUT2D eigenvalue weighted by atomic mass is 10.2. The predicted molar refractivity (Wildman–Crippen MR) is 64.5 cm³/mol. The molecule has 2 rings (SSSR count). The Morgan fingerprint density at radius 1 is 1.47 bits per heavy atom. The van der Waals surface area contributed by atoms with Gasteiger partial charge in [0.1, 0.15) is 12.2 Å². The van der Waals surface area contributed by atoms with Crippen LogP contribution in [0.25, 0.3) is 5.69 Å². The summed E-state index contributed by atoms with van der Waals surface area (Å²) >= 11 is 6.14. The molecule has 0 unspecified atom stereocenters. The first-order valence-corrected chi connectivity index (χ1v) is 5.40. The van der Waals surface area contributed by atoms with Crippen LogP contribution < -0.4 is 5.32 Å². The third-order valence-electron chi connectivity index (χ3n) is 2.41. The van der Waals surface area contributed by atoms with Crippen LogP contribution in [0.3, 0.4) is 0 Å². The molecule has 0 aliphatic carbocycles. The molecule has 0 saturated carbocycles. The van der Waals surface area contributed by atoms with Crippen molar-refractivity contribution in [3.05, 3.63) is 40.9 Å². The molecule has 17 heavy (non-hydrogen) atoms. The van der Waals surface area contributed by atoms with Gasteiger partial charge in [-0.2, -0.15) is 0 Å². The number of nitrogens with one attached hydrogen (secondary N) is 1. The zero-order valence-corrected chi connectivity index (χ0v) is 10.2. The van der Waals surface area contributed by atoms with E-state index >= 15 is 0 Å². The van der Waals surface area contributed by atoms with Crippen LogP contribution in [0.15, 0.2) is 24.5 Å². The molecular formula is C11H11ClN4O. The fraction of sp³-hybridized carbons (Fsp3) is 0.182. The highest BCUT2D eigenvalue weighted by Crippen LogP contribution is 2.22. The van der Waals surface area contributed by atoms with Crippen molar-refractivity contribution in [3.63, 3.8) is 0 Å². The van der Waals surface area contributed by atoms with Gasteiger partial charge >= 0.3 is 0 Å². The SMILES string of the molecule is CNC(=O)c1ccc(-n2cnnc2C)c(Cl)c1. The summed E-state index contributed by atoms with van der Waals surface area (Å²) in [4.78, 5) is 11.4. The first-order chi connectivity index (χ1) is 8.13. The minimum Gasteiger partial charge on any atom is -0.355 e. The van der Waals surface area contributed by atoms with Crippen LogP contribution in [0.1, 0.15) is 16.2 Å². The molecule has 88 valence electrons. The fourth-order valence-corrected chi connectivity index (χ4v) is 1.79. The maximum absolute atomic E-state index is 11.4. The van der Waals surface area contributed by atoms with Crippen molar-refractivity contribution < 1.29 is 4.79 Å². The highest BCUT2D eigenvalue weighted by Gasteiger charge is 2.10. The molecule has 1 N–H and O–H groups in total. The predicted octanol–water partition coefficient (Wildman–Crippen LogP) is 1.59. The lowest BCUT2D eigenvalue weighted by Gasteiger charge is -2.08. The van der Waals surface area contributed by atoms with Gasteiger partial charge in [0, 0.05) is 12.6 Å². The first kappa shape index (κ1) is 11.6. The van der Waals surface area contributed by atoms with E-state index in [1.807, 2.05) is 6.92 Å². The smallest absolute Gasteiger partial charge is 0.251 e. The molecule has 0 saturated heterocycles. The summed E-state index contributed by atoms with van der Waals surface area (Å²) in [6.45, 7) is 1.83. The summed E-state index contributed by atoms with van der Waals surface area (Å²) in [6, 6.07) is 5.10. The first-order valence-electron chi connectivity index (χ1n) is 5.02. The number of halogens is 1. The number of carbonyl (C=O) groups is 1. The second kappa shape index (κ2) is 4.55. The van der Waals surface area contributed by atoms with E-state index in [-0.39, 0.29) is 5.91 Å². The largest absolute Gasteiger partial charge is 0.355 e. The second-order valence-corrected chi connectivity index (χ2v) is 3.90. The minimum absolute atomic E-state index is 0.168. The molecule has 0 atom stereocenters. The van der Waals surface area contributed by atoms with Gasteiger partial charge in [0.05, 0.1) is 10.7 Å². The van der Waals surface area contributed by atoms with E-state index in [1.165, 1.54) is 0 Å². The van der Waals surface area contributed by atoms with Crippen molar-refractivity contribution in [2.45, 2.75) is 6.92 Å². The molecular weight excluding hydrogens is 240 g/mol. The molecule has 2 aromatic rings. The van der Waals surface area contributed by atoms with Gasteiger partial charge in [-0.05, 0) is 25.1 Å². The quantitative estimate of drug-likeness (QED) is 0.881. The number of hydrogen-bond acceptors (Lipinski definition) is 3. The molecule has 0 bridgehead atoms. The number of rotatable bonds is 2. The van der Waals surface area contributed by atoms with Crippen LogP contribution in [-0.2, 0) is 0 Å². The summed E-state index contributed by atoms with van der Waals surface area (Å²) in [5.41, 5.74) is 1.27. The Kier molecular flexibility index (Phi) is 3.10.